The average Bonchev–Trinajstić information content (AvgIpc) is 3.43. The van der Waals surface area contributed by atoms with E-state index in [4.69, 9.17) is 13.9 Å². The first-order valence-electron chi connectivity index (χ1n) is 9.96. The average molecular weight is 386 g/mol. The van der Waals surface area contributed by atoms with Crippen LogP contribution in [0.2, 0.25) is 0 Å². The van der Waals surface area contributed by atoms with E-state index in [1.54, 1.807) is 20.5 Å². The number of aryl methyl sites for hydroxylation is 1. The zero-order chi connectivity index (χ0) is 19.8. The summed E-state index contributed by atoms with van der Waals surface area (Å²) in [6, 6.07) is 9.90. The Balaban J connectivity index is 1.46. The van der Waals surface area contributed by atoms with Gasteiger partial charge >= 0.3 is 0 Å². The molecule has 152 valence electrons. The van der Waals surface area contributed by atoms with E-state index in [0.717, 1.165) is 48.8 Å². The Bertz CT molecular complexity index is 739. The Morgan fingerprint density at radius 1 is 1.18 bits per heavy atom. The zero-order valence-corrected chi connectivity index (χ0v) is 16.8. The molecule has 0 aliphatic carbocycles. The third kappa shape index (κ3) is 5.29. The van der Waals surface area contributed by atoms with Crippen LogP contribution in [0.3, 0.4) is 0 Å². The zero-order valence-electron chi connectivity index (χ0n) is 16.8. The van der Waals surface area contributed by atoms with Crippen molar-refractivity contribution in [3.8, 4) is 11.5 Å². The molecule has 1 aromatic heterocycles. The first kappa shape index (κ1) is 20.3. The van der Waals surface area contributed by atoms with Gasteiger partial charge in [0, 0.05) is 13.0 Å². The van der Waals surface area contributed by atoms with Crippen molar-refractivity contribution in [3.05, 3.63) is 47.9 Å². The van der Waals surface area contributed by atoms with Gasteiger partial charge in [-0.1, -0.05) is 6.07 Å². The highest BCUT2D eigenvalue weighted by molar-refractivity contribution is 5.75. The van der Waals surface area contributed by atoms with Gasteiger partial charge in [0.1, 0.15) is 5.76 Å². The topological polar surface area (TPSA) is 63.9 Å². The number of benzene rings is 1. The van der Waals surface area contributed by atoms with Gasteiger partial charge in [-0.05, 0) is 68.6 Å². The van der Waals surface area contributed by atoms with Crippen molar-refractivity contribution in [3.63, 3.8) is 0 Å². The molecule has 2 heterocycles. The molecular formula is C22H30N2O4. The number of likely N-dealkylation sites (tertiary alicyclic amines) is 1. The van der Waals surface area contributed by atoms with Crippen LogP contribution in [-0.2, 0) is 11.2 Å². The predicted molar refractivity (Wildman–Crippen MR) is 108 cm³/mol. The monoisotopic (exact) mass is 386 g/mol. The molecule has 2 aromatic rings. The number of hydrogen-bond acceptors (Lipinski definition) is 5. The number of furan rings is 1. The van der Waals surface area contributed by atoms with Gasteiger partial charge in [0.25, 0.3) is 0 Å². The molecule has 0 radical (unpaired) electrons. The number of rotatable bonds is 10. The lowest BCUT2D eigenvalue weighted by atomic mass is 10.1. The second-order valence-corrected chi connectivity index (χ2v) is 7.12. The standard InChI is InChI=1S/C22H30N2O4/c1-26-20-11-10-17(15-21(20)27-2)7-5-9-22(25)23-16-18(19-8-6-14-28-19)24-12-3-4-13-24/h6,8,10-11,14-15,18H,3-5,7,9,12-13,16H2,1-2H3,(H,23,25). The quantitative estimate of drug-likeness (QED) is 0.676. The van der Waals surface area contributed by atoms with Gasteiger partial charge < -0.3 is 19.2 Å². The minimum atomic E-state index is 0.0798. The number of nitrogens with one attached hydrogen (secondary N) is 1. The van der Waals surface area contributed by atoms with E-state index in [1.165, 1.54) is 12.8 Å². The van der Waals surface area contributed by atoms with E-state index in [1.807, 2.05) is 30.3 Å². The van der Waals surface area contributed by atoms with Crippen LogP contribution in [0.15, 0.2) is 41.0 Å². The van der Waals surface area contributed by atoms with Gasteiger partial charge in [0.15, 0.2) is 11.5 Å². The van der Waals surface area contributed by atoms with Crippen molar-refractivity contribution >= 4 is 5.91 Å². The minimum Gasteiger partial charge on any atom is -0.493 e. The van der Waals surface area contributed by atoms with Gasteiger partial charge in [-0.2, -0.15) is 0 Å². The third-order valence-electron chi connectivity index (χ3n) is 5.26. The van der Waals surface area contributed by atoms with E-state index >= 15 is 0 Å². The number of carbonyl (C=O) groups excluding carboxylic acids is 1. The highest BCUT2D eigenvalue weighted by atomic mass is 16.5. The SMILES string of the molecule is COc1ccc(CCCC(=O)NCC(c2ccco2)N2CCCC2)cc1OC. The Morgan fingerprint density at radius 2 is 1.96 bits per heavy atom. The van der Waals surface area contributed by atoms with Crippen molar-refractivity contribution in [2.45, 2.75) is 38.1 Å². The lowest BCUT2D eigenvalue weighted by Gasteiger charge is -2.26. The van der Waals surface area contributed by atoms with Crippen molar-refractivity contribution in [1.29, 1.82) is 0 Å². The minimum absolute atomic E-state index is 0.0798. The van der Waals surface area contributed by atoms with Crippen molar-refractivity contribution < 1.29 is 18.7 Å². The largest absolute Gasteiger partial charge is 0.493 e. The lowest BCUT2D eigenvalue weighted by Crippen LogP contribution is -2.36. The van der Waals surface area contributed by atoms with E-state index < -0.39 is 0 Å². The van der Waals surface area contributed by atoms with Crippen molar-refractivity contribution in [2.75, 3.05) is 33.9 Å². The molecule has 1 unspecified atom stereocenters. The Labute approximate surface area is 166 Å². The van der Waals surface area contributed by atoms with Gasteiger partial charge in [-0.3, -0.25) is 9.69 Å². The summed E-state index contributed by atoms with van der Waals surface area (Å²) in [5, 5.41) is 3.09. The smallest absolute Gasteiger partial charge is 0.220 e. The molecule has 6 nitrogen and oxygen atoms in total. The van der Waals surface area contributed by atoms with Gasteiger partial charge in [-0.15, -0.1) is 0 Å². The summed E-state index contributed by atoms with van der Waals surface area (Å²) < 4.78 is 16.2. The first-order valence-corrected chi connectivity index (χ1v) is 9.96. The molecule has 1 saturated heterocycles. The molecule has 3 rings (SSSR count). The summed E-state index contributed by atoms with van der Waals surface area (Å²) in [4.78, 5) is 14.7. The van der Waals surface area contributed by atoms with Crippen LogP contribution < -0.4 is 14.8 Å². The predicted octanol–water partition coefficient (Wildman–Crippen LogP) is 3.57. The second-order valence-electron chi connectivity index (χ2n) is 7.12. The van der Waals surface area contributed by atoms with E-state index in [-0.39, 0.29) is 11.9 Å². The molecule has 6 heteroatoms. The molecule has 1 aliphatic rings. The summed E-state index contributed by atoms with van der Waals surface area (Å²) in [5.74, 6) is 2.44. The van der Waals surface area contributed by atoms with Crippen LogP contribution in [0.1, 0.15) is 43.0 Å². The van der Waals surface area contributed by atoms with Crippen molar-refractivity contribution in [2.24, 2.45) is 0 Å². The Kier molecular flexibility index (Phi) is 7.37. The van der Waals surface area contributed by atoms with Gasteiger partial charge in [0.05, 0.1) is 26.5 Å². The normalized spacial score (nSPS) is 15.4. The number of ether oxygens (including phenoxy) is 2. The van der Waals surface area contributed by atoms with Gasteiger partial charge in [-0.25, -0.2) is 0 Å². The third-order valence-corrected chi connectivity index (χ3v) is 5.26. The summed E-state index contributed by atoms with van der Waals surface area (Å²) >= 11 is 0. The van der Waals surface area contributed by atoms with Crippen LogP contribution in [0.5, 0.6) is 11.5 Å². The van der Waals surface area contributed by atoms with E-state index in [2.05, 4.69) is 10.2 Å². The molecule has 1 aliphatic heterocycles. The highest BCUT2D eigenvalue weighted by Crippen LogP contribution is 2.28. The second kappa shape index (κ2) is 10.2. The summed E-state index contributed by atoms with van der Waals surface area (Å²) in [5.41, 5.74) is 1.14. The number of methoxy groups -OCH3 is 2. The van der Waals surface area contributed by atoms with E-state index in [9.17, 15) is 4.79 Å². The molecule has 0 spiro atoms. The summed E-state index contributed by atoms with van der Waals surface area (Å²) in [7, 11) is 3.25. The fourth-order valence-electron chi connectivity index (χ4n) is 3.73. The summed E-state index contributed by atoms with van der Waals surface area (Å²) in [6.45, 7) is 2.70. The summed E-state index contributed by atoms with van der Waals surface area (Å²) in [6.07, 6.45) is 6.22. The fraction of sp³-hybridized carbons (Fsp3) is 0.500. The highest BCUT2D eigenvalue weighted by Gasteiger charge is 2.25. The van der Waals surface area contributed by atoms with Crippen LogP contribution in [0.25, 0.3) is 0 Å². The maximum Gasteiger partial charge on any atom is 0.220 e. The number of amides is 1. The Hall–Kier alpha value is -2.47. The van der Waals surface area contributed by atoms with Gasteiger partial charge in [0.2, 0.25) is 5.91 Å². The van der Waals surface area contributed by atoms with E-state index in [0.29, 0.717) is 13.0 Å². The first-order chi connectivity index (χ1) is 13.7. The molecule has 0 saturated carbocycles. The molecule has 1 N–H and O–H groups in total. The molecular weight excluding hydrogens is 356 g/mol. The molecule has 1 amide bonds. The van der Waals surface area contributed by atoms with Crippen LogP contribution in [-0.4, -0.2) is 44.7 Å². The molecule has 1 fully saturated rings. The molecule has 28 heavy (non-hydrogen) atoms. The lowest BCUT2D eigenvalue weighted by molar-refractivity contribution is -0.121. The fourth-order valence-corrected chi connectivity index (χ4v) is 3.73. The maximum atomic E-state index is 12.3. The number of carbonyl (C=O) groups is 1. The molecule has 1 atom stereocenters. The molecule has 1 aromatic carbocycles. The number of hydrogen-bond donors (Lipinski definition) is 1. The van der Waals surface area contributed by atoms with Crippen LogP contribution >= 0.6 is 0 Å². The Morgan fingerprint density at radius 3 is 2.64 bits per heavy atom. The van der Waals surface area contributed by atoms with Crippen LogP contribution in [0.4, 0.5) is 0 Å². The number of nitrogens with zero attached hydrogens (tertiary/aromatic N) is 1. The molecule has 0 bridgehead atoms. The van der Waals surface area contributed by atoms with Crippen molar-refractivity contribution in [1.82, 2.24) is 10.2 Å². The van der Waals surface area contributed by atoms with Crippen LogP contribution in [0, 0.1) is 0 Å². The maximum absolute atomic E-state index is 12.3.